The van der Waals surface area contributed by atoms with Crippen molar-refractivity contribution >= 4 is 17.3 Å². The molecule has 0 spiro atoms. The van der Waals surface area contributed by atoms with Crippen molar-refractivity contribution in [3.8, 4) is 0 Å². The summed E-state index contributed by atoms with van der Waals surface area (Å²) >= 11 is 0. The van der Waals surface area contributed by atoms with E-state index >= 15 is 0 Å². The average molecular weight is 280 g/mol. The van der Waals surface area contributed by atoms with E-state index in [1.54, 1.807) is 0 Å². The summed E-state index contributed by atoms with van der Waals surface area (Å²) in [5.41, 5.74) is 4.71. The molecule has 104 valence electrons. The molecule has 0 atom stereocenters. The summed E-state index contributed by atoms with van der Waals surface area (Å²) < 4.78 is 40.2. The van der Waals surface area contributed by atoms with E-state index in [2.05, 4.69) is 5.32 Å². The van der Waals surface area contributed by atoms with Crippen molar-refractivity contribution in [1.29, 1.82) is 0 Å². The van der Waals surface area contributed by atoms with Gasteiger partial charge < -0.3 is 11.1 Å². The molecule has 2 aromatic rings. The molecule has 0 unspecified atom stereocenters. The summed E-state index contributed by atoms with van der Waals surface area (Å²) in [5.74, 6) is -3.02. The maximum atomic E-state index is 13.6. The molecule has 0 aliphatic rings. The number of halogens is 3. The Bertz CT molecular complexity index is 686. The van der Waals surface area contributed by atoms with Gasteiger partial charge in [-0.2, -0.15) is 0 Å². The maximum absolute atomic E-state index is 13.6. The van der Waals surface area contributed by atoms with Gasteiger partial charge in [0.15, 0.2) is 0 Å². The molecule has 0 bridgehead atoms. The lowest BCUT2D eigenvalue weighted by Crippen LogP contribution is -2.16. The quantitative estimate of drug-likeness (QED) is 0.830. The predicted molar refractivity (Wildman–Crippen MR) is 69.9 cm³/mol. The molecular formula is C14H11F3N2O. The third kappa shape index (κ3) is 2.59. The Labute approximate surface area is 113 Å². The summed E-state index contributed by atoms with van der Waals surface area (Å²) in [5, 5.41) is 2.16. The minimum Gasteiger partial charge on any atom is -0.396 e. The summed E-state index contributed by atoms with van der Waals surface area (Å²) in [6, 6.07) is 5.50. The second-order valence-electron chi connectivity index (χ2n) is 4.24. The van der Waals surface area contributed by atoms with Crippen LogP contribution in [0.3, 0.4) is 0 Å². The number of rotatable bonds is 2. The zero-order valence-electron chi connectivity index (χ0n) is 10.5. The summed E-state index contributed by atoms with van der Waals surface area (Å²) in [6.45, 7) is 1.40. The smallest absolute Gasteiger partial charge is 0.257 e. The van der Waals surface area contributed by atoms with E-state index in [0.717, 1.165) is 18.2 Å². The van der Waals surface area contributed by atoms with Gasteiger partial charge in [0.05, 0.1) is 16.9 Å². The number of nitrogens with one attached hydrogen (secondary N) is 1. The number of aryl methyl sites for hydroxylation is 1. The monoisotopic (exact) mass is 280 g/mol. The molecule has 0 fully saturated rings. The first-order valence-electron chi connectivity index (χ1n) is 5.71. The Hall–Kier alpha value is -2.50. The molecule has 2 aromatic carbocycles. The van der Waals surface area contributed by atoms with Crippen molar-refractivity contribution in [3.05, 3.63) is 58.9 Å². The number of carbonyl (C=O) groups is 1. The van der Waals surface area contributed by atoms with E-state index in [1.807, 2.05) is 0 Å². The molecule has 0 aromatic heterocycles. The molecule has 20 heavy (non-hydrogen) atoms. The minimum atomic E-state index is -0.816. The Morgan fingerprint density at radius 1 is 1.10 bits per heavy atom. The normalized spacial score (nSPS) is 10.4. The van der Waals surface area contributed by atoms with Crippen LogP contribution in [0.25, 0.3) is 0 Å². The summed E-state index contributed by atoms with van der Waals surface area (Å²) in [6.07, 6.45) is 0. The highest BCUT2D eigenvalue weighted by atomic mass is 19.1. The number of nitrogen functional groups attached to an aromatic ring is 1. The number of hydrogen-bond donors (Lipinski definition) is 2. The molecule has 3 nitrogen and oxygen atoms in total. The number of benzene rings is 2. The van der Waals surface area contributed by atoms with Crippen LogP contribution in [0.15, 0.2) is 30.3 Å². The van der Waals surface area contributed by atoms with Crippen LogP contribution < -0.4 is 11.1 Å². The van der Waals surface area contributed by atoms with Crippen LogP contribution in [0.2, 0.25) is 0 Å². The lowest BCUT2D eigenvalue weighted by Gasteiger charge is -2.09. The Morgan fingerprint density at radius 2 is 1.80 bits per heavy atom. The van der Waals surface area contributed by atoms with E-state index < -0.39 is 23.4 Å². The zero-order chi connectivity index (χ0) is 14.9. The Kier molecular flexibility index (Phi) is 3.65. The van der Waals surface area contributed by atoms with Crippen molar-refractivity contribution < 1.29 is 18.0 Å². The zero-order valence-corrected chi connectivity index (χ0v) is 10.5. The van der Waals surface area contributed by atoms with E-state index in [-0.39, 0.29) is 22.5 Å². The number of nitrogens with two attached hydrogens (primary N) is 1. The standard InChI is InChI=1S/C14H11F3N2O/c1-7-5-11(17)12(6-10(7)16)19-14(20)8-3-2-4-9(15)13(8)18/h2-6H,18H2,1H3,(H,19,20). The molecule has 2 rings (SSSR count). The first kappa shape index (κ1) is 13.9. The molecule has 0 saturated heterocycles. The van der Waals surface area contributed by atoms with Crippen molar-refractivity contribution in [3.63, 3.8) is 0 Å². The van der Waals surface area contributed by atoms with Crippen LogP contribution in [0.1, 0.15) is 15.9 Å². The molecule has 0 aliphatic carbocycles. The van der Waals surface area contributed by atoms with Crippen LogP contribution in [-0.4, -0.2) is 5.91 Å². The van der Waals surface area contributed by atoms with Gasteiger partial charge in [-0.25, -0.2) is 13.2 Å². The first-order chi connectivity index (χ1) is 9.40. The fourth-order valence-corrected chi connectivity index (χ4v) is 1.67. The topological polar surface area (TPSA) is 55.1 Å². The molecule has 6 heteroatoms. The maximum Gasteiger partial charge on any atom is 0.257 e. The highest BCUT2D eigenvalue weighted by Gasteiger charge is 2.15. The number of amides is 1. The van der Waals surface area contributed by atoms with Crippen LogP contribution in [0.4, 0.5) is 24.5 Å². The molecule has 0 radical (unpaired) electrons. The van der Waals surface area contributed by atoms with Gasteiger partial charge in [0, 0.05) is 6.07 Å². The molecule has 1 amide bonds. The van der Waals surface area contributed by atoms with Gasteiger partial charge in [-0.3, -0.25) is 4.79 Å². The van der Waals surface area contributed by atoms with Gasteiger partial charge in [0.1, 0.15) is 17.5 Å². The Morgan fingerprint density at radius 3 is 2.50 bits per heavy atom. The minimum absolute atomic E-state index is 0.116. The second-order valence-corrected chi connectivity index (χ2v) is 4.24. The molecule has 0 aliphatic heterocycles. The van der Waals surface area contributed by atoms with E-state index in [9.17, 15) is 18.0 Å². The van der Waals surface area contributed by atoms with E-state index in [4.69, 9.17) is 5.73 Å². The van der Waals surface area contributed by atoms with Crippen LogP contribution in [0, 0.1) is 24.4 Å². The average Bonchev–Trinajstić information content (AvgIpc) is 2.39. The number of carbonyl (C=O) groups excluding carboxylic acids is 1. The fourth-order valence-electron chi connectivity index (χ4n) is 1.67. The van der Waals surface area contributed by atoms with Gasteiger partial charge >= 0.3 is 0 Å². The summed E-state index contributed by atoms with van der Waals surface area (Å²) in [7, 11) is 0. The van der Waals surface area contributed by atoms with Crippen LogP contribution in [-0.2, 0) is 0 Å². The van der Waals surface area contributed by atoms with Crippen molar-refractivity contribution in [2.24, 2.45) is 0 Å². The SMILES string of the molecule is Cc1cc(F)c(NC(=O)c2cccc(F)c2N)cc1F. The number of para-hydroxylation sites is 1. The van der Waals surface area contributed by atoms with Gasteiger partial charge in [0.2, 0.25) is 0 Å². The van der Waals surface area contributed by atoms with Gasteiger partial charge in [-0.05, 0) is 30.7 Å². The van der Waals surface area contributed by atoms with E-state index in [1.165, 1.54) is 19.1 Å². The van der Waals surface area contributed by atoms with Gasteiger partial charge in [-0.15, -0.1) is 0 Å². The van der Waals surface area contributed by atoms with Crippen molar-refractivity contribution in [2.75, 3.05) is 11.1 Å². The Balaban J connectivity index is 2.33. The largest absolute Gasteiger partial charge is 0.396 e. The highest BCUT2D eigenvalue weighted by molar-refractivity contribution is 6.07. The second kappa shape index (κ2) is 5.24. The summed E-state index contributed by atoms with van der Waals surface area (Å²) in [4.78, 5) is 11.9. The molecule has 0 heterocycles. The number of anilines is 2. The van der Waals surface area contributed by atoms with Gasteiger partial charge in [0.25, 0.3) is 5.91 Å². The predicted octanol–water partition coefficient (Wildman–Crippen LogP) is 3.25. The van der Waals surface area contributed by atoms with E-state index in [0.29, 0.717) is 0 Å². The first-order valence-corrected chi connectivity index (χ1v) is 5.71. The molecule has 3 N–H and O–H groups in total. The molecular weight excluding hydrogens is 269 g/mol. The van der Waals surface area contributed by atoms with Crippen molar-refractivity contribution in [1.82, 2.24) is 0 Å². The lowest BCUT2D eigenvalue weighted by molar-refractivity contribution is 0.102. The van der Waals surface area contributed by atoms with Crippen LogP contribution in [0.5, 0.6) is 0 Å². The van der Waals surface area contributed by atoms with Crippen molar-refractivity contribution in [2.45, 2.75) is 6.92 Å². The third-order valence-electron chi connectivity index (χ3n) is 2.79. The number of hydrogen-bond acceptors (Lipinski definition) is 2. The molecule has 0 saturated carbocycles. The highest BCUT2D eigenvalue weighted by Crippen LogP contribution is 2.21. The fraction of sp³-hybridized carbons (Fsp3) is 0.0714. The lowest BCUT2D eigenvalue weighted by atomic mass is 10.1. The van der Waals surface area contributed by atoms with Gasteiger partial charge in [-0.1, -0.05) is 6.07 Å². The third-order valence-corrected chi connectivity index (χ3v) is 2.79. The van der Waals surface area contributed by atoms with Crippen LogP contribution >= 0.6 is 0 Å².